The lowest BCUT2D eigenvalue weighted by Crippen LogP contribution is -2.60. The predicted molar refractivity (Wildman–Crippen MR) is 174 cm³/mol. The maximum atomic E-state index is 14.2. The Bertz CT molecular complexity index is 1390. The molecule has 0 aromatic heterocycles. The Labute approximate surface area is 277 Å². The molecule has 3 N–H and O–H groups in total. The number of hydrogen-bond acceptors (Lipinski definition) is 9. The van der Waals surface area contributed by atoms with E-state index in [1.165, 1.54) is 28.0 Å². The third-order valence-corrected chi connectivity index (χ3v) is 9.91. The van der Waals surface area contributed by atoms with Gasteiger partial charge in [-0.15, -0.1) is 19.7 Å². The summed E-state index contributed by atoms with van der Waals surface area (Å²) in [5, 5.41) is 4.66. The van der Waals surface area contributed by atoms with Crippen LogP contribution in [0.15, 0.2) is 38.0 Å². The molecule has 5 amide bonds. The molecule has 47 heavy (non-hydrogen) atoms. The number of nitrogens with zero attached hydrogens (tertiary/aromatic N) is 2. The van der Waals surface area contributed by atoms with Crippen molar-refractivity contribution in [2.45, 2.75) is 102 Å². The fourth-order valence-corrected chi connectivity index (χ4v) is 6.75. The summed E-state index contributed by atoms with van der Waals surface area (Å²) in [7, 11) is -3.91. The number of carbonyl (C=O) groups excluding carboxylic acids is 5. The van der Waals surface area contributed by atoms with E-state index < -0.39 is 85.8 Å². The quantitative estimate of drug-likeness (QED) is 0.246. The van der Waals surface area contributed by atoms with E-state index in [0.717, 1.165) is 0 Å². The molecular formula is C32H49N5O9S. The van der Waals surface area contributed by atoms with Crippen molar-refractivity contribution in [3.05, 3.63) is 38.0 Å². The van der Waals surface area contributed by atoms with Crippen LogP contribution in [0, 0.1) is 11.3 Å². The summed E-state index contributed by atoms with van der Waals surface area (Å²) >= 11 is 0. The zero-order valence-corrected chi connectivity index (χ0v) is 29.0. The van der Waals surface area contributed by atoms with Crippen LogP contribution in [0.25, 0.3) is 0 Å². The summed E-state index contributed by atoms with van der Waals surface area (Å²) in [6, 6.07) is -2.41. The molecule has 1 heterocycles. The summed E-state index contributed by atoms with van der Waals surface area (Å²) in [6.07, 6.45) is 2.87. The van der Waals surface area contributed by atoms with Gasteiger partial charge < -0.3 is 29.9 Å². The van der Waals surface area contributed by atoms with Gasteiger partial charge in [0.25, 0.3) is 5.91 Å². The number of ether oxygens (including phenoxy) is 2. The van der Waals surface area contributed by atoms with Crippen LogP contribution in [0.5, 0.6) is 0 Å². The molecule has 2 saturated carbocycles. The fraction of sp³-hybridized carbons (Fsp3) is 0.656. The molecule has 5 unspecified atom stereocenters. The van der Waals surface area contributed by atoms with Crippen molar-refractivity contribution in [3.8, 4) is 0 Å². The molecule has 3 fully saturated rings. The van der Waals surface area contributed by atoms with Gasteiger partial charge in [0.2, 0.25) is 21.8 Å². The highest BCUT2D eigenvalue weighted by Gasteiger charge is 2.62. The van der Waals surface area contributed by atoms with Gasteiger partial charge in [-0.25, -0.2) is 18.0 Å². The van der Waals surface area contributed by atoms with E-state index in [1.54, 1.807) is 41.5 Å². The first-order valence-electron chi connectivity index (χ1n) is 15.7. The van der Waals surface area contributed by atoms with Crippen LogP contribution in [0.1, 0.15) is 67.2 Å². The number of sulfonamides is 1. The molecule has 0 spiro atoms. The lowest BCUT2D eigenvalue weighted by molar-refractivity contribution is -0.143. The molecule has 0 aromatic rings. The molecule has 0 bridgehead atoms. The van der Waals surface area contributed by atoms with Crippen molar-refractivity contribution < 1.29 is 41.9 Å². The molecule has 2 aliphatic carbocycles. The summed E-state index contributed by atoms with van der Waals surface area (Å²) in [5.41, 5.74) is -3.29. The van der Waals surface area contributed by atoms with Gasteiger partial charge in [-0.1, -0.05) is 39.0 Å². The van der Waals surface area contributed by atoms with Crippen molar-refractivity contribution >= 4 is 39.9 Å². The first kappa shape index (κ1) is 37.6. The number of nitrogens with one attached hydrogen (secondary N) is 3. The normalized spacial score (nSPS) is 24.6. The van der Waals surface area contributed by atoms with Gasteiger partial charge in [0.05, 0.1) is 11.8 Å². The summed E-state index contributed by atoms with van der Waals surface area (Å²) < 4.78 is 38.3. The second-order valence-corrected chi connectivity index (χ2v) is 16.3. The minimum absolute atomic E-state index is 0.107. The van der Waals surface area contributed by atoms with Gasteiger partial charge in [-0.3, -0.25) is 19.1 Å². The van der Waals surface area contributed by atoms with Crippen molar-refractivity contribution in [3.63, 3.8) is 0 Å². The van der Waals surface area contributed by atoms with Gasteiger partial charge in [0, 0.05) is 25.4 Å². The number of hydrogen-bond donors (Lipinski definition) is 3. The lowest BCUT2D eigenvalue weighted by Gasteiger charge is -2.36. The van der Waals surface area contributed by atoms with Gasteiger partial charge >= 0.3 is 12.2 Å². The fourth-order valence-electron chi connectivity index (χ4n) is 5.39. The Morgan fingerprint density at radius 2 is 1.62 bits per heavy atom. The summed E-state index contributed by atoms with van der Waals surface area (Å²) in [5.74, 6) is -2.83. The average molecular weight is 680 g/mol. The Morgan fingerprint density at radius 1 is 1.02 bits per heavy atom. The van der Waals surface area contributed by atoms with E-state index in [0.29, 0.717) is 12.8 Å². The molecular weight excluding hydrogens is 630 g/mol. The maximum absolute atomic E-state index is 14.2. The Morgan fingerprint density at radius 3 is 2.09 bits per heavy atom. The predicted octanol–water partition coefficient (Wildman–Crippen LogP) is 2.38. The Kier molecular flexibility index (Phi) is 11.3. The van der Waals surface area contributed by atoms with Crippen LogP contribution in [0.2, 0.25) is 0 Å². The maximum Gasteiger partial charge on any atom is 0.410 e. The van der Waals surface area contributed by atoms with Crippen LogP contribution < -0.4 is 15.4 Å². The molecule has 0 radical (unpaired) electrons. The number of rotatable bonds is 13. The number of amides is 5. The number of likely N-dealkylation sites (tertiary alicyclic amines) is 1. The highest BCUT2D eigenvalue weighted by Crippen LogP contribution is 2.45. The largest absolute Gasteiger partial charge is 0.444 e. The van der Waals surface area contributed by atoms with E-state index in [4.69, 9.17) is 9.47 Å². The zero-order valence-electron chi connectivity index (χ0n) is 28.2. The Hall–Kier alpha value is -3.88. The third kappa shape index (κ3) is 9.36. The number of carbonyl (C=O) groups is 5. The topological polar surface area (TPSA) is 181 Å². The van der Waals surface area contributed by atoms with E-state index in [-0.39, 0.29) is 32.5 Å². The molecule has 262 valence electrons. The van der Waals surface area contributed by atoms with Crippen LogP contribution in [-0.4, -0.2) is 102 Å². The van der Waals surface area contributed by atoms with Crippen molar-refractivity contribution in [1.82, 2.24) is 25.2 Å². The average Bonchev–Trinajstić information content (AvgIpc) is 3.86. The smallest absolute Gasteiger partial charge is 0.410 e. The van der Waals surface area contributed by atoms with Crippen molar-refractivity contribution in [2.24, 2.45) is 11.3 Å². The van der Waals surface area contributed by atoms with Gasteiger partial charge in [0.1, 0.15) is 29.3 Å². The molecule has 15 heteroatoms. The monoisotopic (exact) mass is 679 g/mol. The second-order valence-electron chi connectivity index (χ2n) is 14.4. The SMILES string of the molecule is C=CCN(CC=C)C(=O)OC1CC(C(=O)NC2(C(=O)NS(=O)(=O)C3CC3)CC2C=C)N(C(=O)C(NC(=O)OC(C)(C)C)C(C)(C)C)C1. The first-order valence-corrected chi connectivity index (χ1v) is 17.2. The lowest BCUT2D eigenvalue weighted by atomic mass is 9.85. The third-order valence-electron chi connectivity index (χ3n) is 8.10. The molecule has 1 saturated heterocycles. The highest BCUT2D eigenvalue weighted by molar-refractivity contribution is 7.91. The van der Waals surface area contributed by atoms with Crippen LogP contribution >= 0.6 is 0 Å². The van der Waals surface area contributed by atoms with E-state index in [9.17, 15) is 32.4 Å². The molecule has 14 nitrogen and oxygen atoms in total. The standard InChI is InChI=1S/C32H49N5O9S/c1-10-15-36(16-11-2)29(42)45-21-17-23(37(19-21)26(39)24(30(4,5)6)33-28(41)46-31(7,8)9)25(38)34-32(18-20(32)12-3)27(40)35-47(43,44)22-13-14-22/h10-12,20-24H,1-3,13-19H2,4-9H3,(H,33,41)(H,34,38)(H,35,40). The van der Waals surface area contributed by atoms with Crippen LogP contribution in [-0.2, 0) is 33.9 Å². The molecule has 1 aliphatic heterocycles. The number of alkyl carbamates (subject to hydrolysis) is 1. The Balaban J connectivity index is 1.92. The summed E-state index contributed by atoms with van der Waals surface area (Å²) in [4.78, 5) is 69.9. The van der Waals surface area contributed by atoms with Gasteiger partial charge in [-0.2, -0.15) is 0 Å². The minimum atomic E-state index is -3.91. The molecule has 0 aromatic carbocycles. The van der Waals surface area contributed by atoms with Gasteiger partial charge in [-0.05, 0) is 45.4 Å². The summed E-state index contributed by atoms with van der Waals surface area (Å²) in [6.45, 7) is 21.4. The van der Waals surface area contributed by atoms with E-state index >= 15 is 0 Å². The van der Waals surface area contributed by atoms with Crippen molar-refractivity contribution in [1.29, 1.82) is 0 Å². The van der Waals surface area contributed by atoms with Crippen LogP contribution in [0.4, 0.5) is 9.59 Å². The van der Waals surface area contributed by atoms with Crippen molar-refractivity contribution in [2.75, 3.05) is 19.6 Å². The zero-order chi connectivity index (χ0) is 35.5. The highest BCUT2D eigenvalue weighted by atomic mass is 32.2. The second kappa shape index (κ2) is 14.1. The first-order chi connectivity index (χ1) is 21.7. The molecule has 3 aliphatic rings. The minimum Gasteiger partial charge on any atom is -0.444 e. The van der Waals surface area contributed by atoms with E-state index in [1.807, 2.05) is 0 Å². The van der Waals surface area contributed by atoms with E-state index in [2.05, 4.69) is 35.1 Å². The van der Waals surface area contributed by atoms with Gasteiger partial charge in [0.15, 0.2) is 0 Å². The molecule has 3 rings (SSSR count). The molecule has 5 atom stereocenters. The van der Waals surface area contributed by atoms with Crippen LogP contribution in [0.3, 0.4) is 0 Å².